The van der Waals surface area contributed by atoms with Gasteiger partial charge in [0.15, 0.2) is 0 Å². The van der Waals surface area contributed by atoms with Crippen molar-refractivity contribution in [2.24, 2.45) is 17.8 Å². The predicted octanol–water partition coefficient (Wildman–Crippen LogP) is 7.44. The fourth-order valence-corrected chi connectivity index (χ4v) is 7.75. The summed E-state index contributed by atoms with van der Waals surface area (Å²) < 4.78 is 5.63. The normalized spacial score (nSPS) is 37.2. The zero-order valence-electron chi connectivity index (χ0n) is 21.0. The van der Waals surface area contributed by atoms with E-state index in [-0.39, 0.29) is 12.1 Å². The van der Waals surface area contributed by atoms with E-state index in [0.717, 1.165) is 48.7 Å². The minimum absolute atomic E-state index is 0.127. The second-order valence-electron chi connectivity index (χ2n) is 12.0. The Balaban J connectivity index is 1.29. The van der Waals surface area contributed by atoms with Gasteiger partial charge in [-0.05, 0) is 102 Å². The third kappa shape index (κ3) is 6.19. The molecule has 2 unspecified atom stereocenters. The molecule has 32 heavy (non-hydrogen) atoms. The number of ether oxygens (including phenoxy) is 1. The molecule has 0 saturated heterocycles. The van der Waals surface area contributed by atoms with E-state index >= 15 is 0 Å². The summed E-state index contributed by atoms with van der Waals surface area (Å²) >= 11 is 0. The quantitative estimate of drug-likeness (QED) is 0.315. The van der Waals surface area contributed by atoms with Crippen LogP contribution in [0.1, 0.15) is 123 Å². The van der Waals surface area contributed by atoms with Crippen molar-refractivity contribution in [3.05, 3.63) is 12.2 Å². The van der Waals surface area contributed by atoms with Crippen LogP contribution in [-0.4, -0.2) is 35.1 Å². The van der Waals surface area contributed by atoms with Crippen molar-refractivity contribution in [2.75, 3.05) is 0 Å². The van der Waals surface area contributed by atoms with Crippen LogP contribution in [0.15, 0.2) is 12.2 Å². The molecule has 0 amide bonds. The van der Waals surface area contributed by atoms with Gasteiger partial charge in [-0.2, -0.15) is 0 Å². The lowest BCUT2D eigenvalue weighted by Gasteiger charge is -2.49. The van der Waals surface area contributed by atoms with Crippen molar-refractivity contribution in [1.82, 2.24) is 4.90 Å². The summed E-state index contributed by atoms with van der Waals surface area (Å²) in [7, 11) is 0. The van der Waals surface area contributed by atoms with Gasteiger partial charge in [0, 0.05) is 23.7 Å². The molecule has 182 valence electrons. The molecule has 3 heteroatoms. The molecule has 4 fully saturated rings. The van der Waals surface area contributed by atoms with Crippen LogP contribution in [-0.2, 0) is 9.53 Å². The highest BCUT2D eigenvalue weighted by molar-refractivity contribution is 5.87. The van der Waals surface area contributed by atoms with Crippen LogP contribution < -0.4 is 0 Å². The summed E-state index contributed by atoms with van der Waals surface area (Å²) in [5, 5.41) is 0. The van der Waals surface area contributed by atoms with Gasteiger partial charge in [0.25, 0.3) is 0 Å². The van der Waals surface area contributed by atoms with Gasteiger partial charge in [-0.15, -0.1) is 0 Å². The lowest BCUT2D eigenvalue weighted by molar-refractivity contribution is -0.146. The van der Waals surface area contributed by atoms with E-state index in [2.05, 4.69) is 18.4 Å². The van der Waals surface area contributed by atoms with Crippen molar-refractivity contribution < 1.29 is 9.53 Å². The zero-order chi connectivity index (χ0) is 22.5. The molecule has 0 radical (unpaired) electrons. The van der Waals surface area contributed by atoms with E-state index in [4.69, 9.17) is 4.74 Å². The summed E-state index contributed by atoms with van der Waals surface area (Å²) in [6.45, 7) is 7.96. The Labute approximate surface area is 197 Å². The number of hydrogen-bond donors (Lipinski definition) is 0. The molecule has 2 atom stereocenters. The molecule has 0 heterocycles. The lowest BCUT2D eigenvalue weighted by Crippen LogP contribution is -2.52. The van der Waals surface area contributed by atoms with Crippen LogP contribution >= 0.6 is 0 Å². The Kier molecular flexibility index (Phi) is 8.76. The monoisotopic (exact) mass is 443 g/mol. The highest BCUT2D eigenvalue weighted by Gasteiger charge is 2.39. The molecule has 0 aromatic rings. The van der Waals surface area contributed by atoms with Gasteiger partial charge in [-0.1, -0.05) is 45.6 Å². The first kappa shape index (κ1) is 24.3. The molecule has 4 aliphatic rings. The van der Waals surface area contributed by atoms with Gasteiger partial charge in [0.2, 0.25) is 0 Å². The van der Waals surface area contributed by atoms with Crippen molar-refractivity contribution in [1.29, 1.82) is 0 Å². The first-order valence-electron chi connectivity index (χ1n) is 14.1. The molecule has 0 spiro atoms. The summed E-state index contributed by atoms with van der Waals surface area (Å²) in [5.41, 5.74) is 0.528. The molecule has 0 N–H and O–H groups in total. The number of esters is 1. The van der Waals surface area contributed by atoms with Crippen LogP contribution in [0.4, 0.5) is 0 Å². The third-order valence-electron chi connectivity index (χ3n) is 9.50. The van der Waals surface area contributed by atoms with Crippen LogP contribution in [0.5, 0.6) is 0 Å². The minimum atomic E-state index is -0.200. The Morgan fingerprint density at radius 2 is 1.28 bits per heavy atom. The van der Waals surface area contributed by atoms with Gasteiger partial charge in [-0.25, -0.2) is 4.79 Å². The van der Waals surface area contributed by atoms with Crippen molar-refractivity contribution in [3.8, 4) is 0 Å². The molecule has 3 nitrogen and oxygen atoms in total. The van der Waals surface area contributed by atoms with Gasteiger partial charge in [-0.3, -0.25) is 4.90 Å². The average Bonchev–Trinajstić information content (AvgIpc) is 2.81. The minimum Gasteiger partial charge on any atom is -0.459 e. The van der Waals surface area contributed by atoms with Crippen LogP contribution in [0.2, 0.25) is 0 Å². The maximum Gasteiger partial charge on any atom is 0.333 e. The molecular formula is C29H49NO2. The maximum absolute atomic E-state index is 11.8. The number of hydrogen-bond acceptors (Lipinski definition) is 3. The molecule has 0 aromatic heterocycles. The molecule has 0 aromatic carbocycles. The summed E-state index contributed by atoms with van der Waals surface area (Å²) in [6.07, 6.45) is 23.5. The fourth-order valence-electron chi connectivity index (χ4n) is 7.75. The second kappa shape index (κ2) is 11.5. The summed E-state index contributed by atoms with van der Waals surface area (Å²) in [6, 6.07) is 2.58. The molecule has 4 saturated carbocycles. The fraction of sp³-hybridized carbons (Fsp3) is 0.897. The van der Waals surface area contributed by atoms with Gasteiger partial charge in [0.05, 0.1) is 0 Å². The Morgan fingerprint density at radius 1 is 0.719 bits per heavy atom. The number of carbonyl (C=O) groups excluding carboxylic acids is 1. The lowest BCUT2D eigenvalue weighted by atomic mass is 9.71. The molecule has 0 bridgehead atoms. The topological polar surface area (TPSA) is 29.5 Å². The van der Waals surface area contributed by atoms with Crippen molar-refractivity contribution >= 4 is 5.97 Å². The number of carbonyl (C=O) groups is 1. The van der Waals surface area contributed by atoms with E-state index in [1.807, 2.05) is 0 Å². The molecule has 4 rings (SSSR count). The van der Waals surface area contributed by atoms with Crippen LogP contribution in [0.3, 0.4) is 0 Å². The summed E-state index contributed by atoms with van der Waals surface area (Å²) in [4.78, 5) is 15.0. The first-order chi connectivity index (χ1) is 15.5. The third-order valence-corrected chi connectivity index (χ3v) is 9.50. The van der Waals surface area contributed by atoms with E-state index < -0.39 is 0 Å². The molecular weight excluding hydrogens is 394 g/mol. The smallest absolute Gasteiger partial charge is 0.333 e. The Hall–Kier alpha value is -0.830. The summed E-state index contributed by atoms with van der Waals surface area (Å²) in [5.74, 6) is 2.48. The van der Waals surface area contributed by atoms with E-state index in [1.165, 1.54) is 96.3 Å². The zero-order valence-corrected chi connectivity index (χ0v) is 21.0. The van der Waals surface area contributed by atoms with E-state index in [0.29, 0.717) is 5.57 Å². The van der Waals surface area contributed by atoms with Crippen molar-refractivity contribution in [3.63, 3.8) is 0 Å². The number of nitrogens with zero attached hydrogens (tertiary/aromatic N) is 1. The SMILES string of the molecule is C=C(C)C(=O)OC1CCC(C2CCC(N(C3CCCCC3)C3CCCC(C)C3)CC2)CC1. The highest BCUT2D eigenvalue weighted by Crippen LogP contribution is 2.43. The van der Waals surface area contributed by atoms with E-state index in [9.17, 15) is 4.79 Å². The largest absolute Gasteiger partial charge is 0.459 e. The number of rotatable bonds is 6. The average molecular weight is 444 g/mol. The first-order valence-corrected chi connectivity index (χ1v) is 14.1. The highest BCUT2D eigenvalue weighted by atomic mass is 16.5. The van der Waals surface area contributed by atoms with Gasteiger partial charge in [0.1, 0.15) is 6.10 Å². The van der Waals surface area contributed by atoms with E-state index in [1.54, 1.807) is 6.92 Å². The van der Waals surface area contributed by atoms with Crippen molar-refractivity contribution in [2.45, 2.75) is 147 Å². The second-order valence-corrected chi connectivity index (χ2v) is 12.0. The maximum atomic E-state index is 11.8. The van der Waals surface area contributed by atoms with Crippen LogP contribution in [0, 0.1) is 17.8 Å². The van der Waals surface area contributed by atoms with Gasteiger partial charge >= 0.3 is 5.97 Å². The Bertz CT molecular complexity index is 609. The molecule has 4 aliphatic carbocycles. The Morgan fingerprint density at radius 3 is 1.88 bits per heavy atom. The standard InChI is InChI=1S/C29H49NO2/c1-21(2)29(31)32-28-18-14-24(15-19-28)23-12-16-26(17-13-23)30(25-9-5-4-6-10-25)27-11-7-8-22(3)20-27/h22-28H,1,4-20H2,2-3H3. The van der Waals surface area contributed by atoms with Crippen LogP contribution in [0.25, 0.3) is 0 Å². The molecule has 0 aliphatic heterocycles. The van der Waals surface area contributed by atoms with Gasteiger partial charge < -0.3 is 4.74 Å². The predicted molar refractivity (Wildman–Crippen MR) is 133 cm³/mol.